The molecule has 0 heterocycles. The predicted molar refractivity (Wildman–Crippen MR) is 135 cm³/mol. The number of carbonyl (C=O) groups excluding carboxylic acids is 1. The van der Waals surface area contributed by atoms with Crippen molar-refractivity contribution < 1.29 is 24.6 Å². The second-order valence-corrected chi connectivity index (χ2v) is 7.88. The van der Waals surface area contributed by atoms with Gasteiger partial charge in [-0.2, -0.15) is 0 Å². The lowest BCUT2D eigenvalue weighted by Gasteiger charge is -2.19. The van der Waals surface area contributed by atoms with Crippen molar-refractivity contribution in [3.8, 4) is 0 Å². The Hall–Kier alpha value is -3.94. The molecule has 35 heavy (non-hydrogen) atoms. The first-order valence-corrected chi connectivity index (χ1v) is 11.2. The Morgan fingerprint density at radius 2 is 1.26 bits per heavy atom. The Morgan fingerprint density at radius 3 is 1.80 bits per heavy atom. The first kappa shape index (κ1) is 27.3. The average Bonchev–Trinajstić information content (AvgIpc) is 2.86. The summed E-state index contributed by atoms with van der Waals surface area (Å²) in [5.74, 6) is -2.49. The van der Waals surface area contributed by atoms with E-state index in [2.05, 4.69) is 10.6 Å². The monoisotopic (exact) mass is 494 g/mol. The second kappa shape index (κ2) is 15.1. The summed E-state index contributed by atoms with van der Waals surface area (Å²) in [6.45, 7) is 1.21. The van der Waals surface area contributed by atoms with Crippen LogP contribution in [0.3, 0.4) is 0 Å². The first-order chi connectivity index (χ1) is 16.8. The van der Waals surface area contributed by atoms with Crippen molar-refractivity contribution in [1.82, 2.24) is 10.6 Å². The summed E-state index contributed by atoms with van der Waals surface area (Å²) in [4.78, 5) is 31.6. The zero-order chi connectivity index (χ0) is 25.5. The number of benzene rings is 3. The first-order valence-electron chi connectivity index (χ1n) is 10.8. The van der Waals surface area contributed by atoms with Gasteiger partial charge in [-0.3, -0.25) is 4.79 Å². The molecule has 0 aromatic heterocycles. The number of carbonyl (C=O) groups is 3. The van der Waals surface area contributed by atoms with E-state index >= 15 is 0 Å². The fourth-order valence-electron chi connectivity index (χ4n) is 3.03. The van der Waals surface area contributed by atoms with Crippen LogP contribution >= 0.6 is 11.6 Å². The molecule has 0 aliphatic heterocycles. The topological polar surface area (TPSA) is 116 Å². The Morgan fingerprint density at radius 1 is 0.743 bits per heavy atom. The second-order valence-electron chi connectivity index (χ2n) is 7.45. The Labute approximate surface area is 209 Å². The SMILES string of the molecule is O=C(CC(NCc1ccc(Cl)cc1)c1ccccc1)NCc1ccccc1.O=C(O)/C=C/C(=O)O. The summed E-state index contributed by atoms with van der Waals surface area (Å²) in [6.07, 6.45) is 1.50. The largest absolute Gasteiger partial charge is 0.478 e. The van der Waals surface area contributed by atoms with Crippen molar-refractivity contribution in [1.29, 1.82) is 0 Å². The normalized spacial score (nSPS) is 11.2. The van der Waals surface area contributed by atoms with E-state index in [0.717, 1.165) is 21.7 Å². The van der Waals surface area contributed by atoms with E-state index in [-0.39, 0.29) is 11.9 Å². The van der Waals surface area contributed by atoms with Gasteiger partial charge in [0.05, 0.1) is 0 Å². The van der Waals surface area contributed by atoms with Crippen molar-refractivity contribution >= 4 is 29.4 Å². The molecule has 3 rings (SSSR count). The molecule has 3 aromatic rings. The van der Waals surface area contributed by atoms with Gasteiger partial charge >= 0.3 is 11.9 Å². The molecular formula is C27H27ClN2O5. The number of aliphatic carboxylic acids is 2. The average molecular weight is 495 g/mol. The molecule has 0 saturated carbocycles. The summed E-state index contributed by atoms with van der Waals surface area (Å²) in [5, 5.41) is 22.9. The van der Waals surface area contributed by atoms with Crippen LogP contribution in [0, 0.1) is 0 Å². The molecule has 182 valence electrons. The zero-order valence-corrected chi connectivity index (χ0v) is 19.7. The molecule has 1 atom stereocenters. The Kier molecular flexibility index (Phi) is 11.7. The van der Waals surface area contributed by atoms with Crippen LogP contribution in [0.4, 0.5) is 0 Å². The minimum Gasteiger partial charge on any atom is -0.478 e. The molecule has 3 aromatic carbocycles. The lowest BCUT2D eigenvalue weighted by molar-refractivity contribution is -0.134. The number of halogens is 1. The highest BCUT2D eigenvalue weighted by Gasteiger charge is 2.15. The lowest BCUT2D eigenvalue weighted by atomic mass is 10.0. The van der Waals surface area contributed by atoms with Crippen LogP contribution in [0.15, 0.2) is 97.1 Å². The van der Waals surface area contributed by atoms with Crippen molar-refractivity contribution in [2.75, 3.05) is 0 Å². The van der Waals surface area contributed by atoms with Gasteiger partial charge in [0.25, 0.3) is 0 Å². The molecule has 4 N–H and O–H groups in total. The molecule has 0 radical (unpaired) electrons. The van der Waals surface area contributed by atoms with Gasteiger partial charge in [-0.25, -0.2) is 9.59 Å². The van der Waals surface area contributed by atoms with E-state index in [1.165, 1.54) is 0 Å². The molecule has 7 nitrogen and oxygen atoms in total. The van der Waals surface area contributed by atoms with Crippen LogP contribution < -0.4 is 10.6 Å². The van der Waals surface area contributed by atoms with Crippen molar-refractivity contribution in [2.24, 2.45) is 0 Å². The Bertz CT molecular complexity index is 1090. The summed E-state index contributed by atoms with van der Waals surface area (Å²) in [5.41, 5.74) is 3.32. The van der Waals surface area contributed by atoms with Gasteiger partial charge in [-0.05, 0) is 28.8 Å². The maximum Gasteiger partial charge on any atom is 0.328 e. The molecule has 0 saturated heterocycles. The lowest BCUT2D eigenvalue weighted by Crippen LogP contribution is -2.30. The predicted octanol–water partition coefficient (Wildman–Crippen LogP) is 4.59. The minimum atomic E-state index is -1.26. The number of carboxylic acid groups (broad SMARTS) is 2. The number of hydrogen-bond acceptors (Lipinski definition) is 4. The third-order valence-electron chi connectivity index (χ3n) is 4.76. The van der Waals surface area contributed by atoms with E-state index in [1.54, 1.807) is 0 Å². The number of hydrogen-bond donors (Lipinski definition) is 4. The highest BCUT2D eigenvalue weighted by molar-refractivity contribution is 6.30. The molecule has 1 amide bonds. The van der Waals surface area contributed by atoms with E-state index in [9.17, 15) is 14.4 Å². The number of nitrogens with one attached hydrogen (secondary N) is 2. The Balaban J connectivity index is 0.000000466. The number of carboxylic acids is 2. The molecule has 0 aliphatic carbocycles. The van der Waals surface area contributed by atoms with Gasteiger partial charge in [0.2, 0.25) is 5.91 Å². The van der Waals surface area contributed by atoms with E-state index in [1.807, 2.05) is 84.9 Å². The molecule has 8 heteroatoms. The molecule has 0 spiro atoms. The smallest absolute Gasteiger partial charge is 0.328 e. The standard InChI is InChI=1S/C23H23ClN2O.C4H4O4/c24-21-13-11-19(12-14-21)16-25-22(20-9-5-2-6-10-20)15-23(27)26-17-18-7-3-1-4-8-18;5-3(6)1-2-4(7)8/h1-14,22,25H,15-17H2,(H,26,27);1-2H,(H,5,6)(H,7,8)/b;2-1+. The molecule has 0 bridgehead atoms. The van der Waals surface area contributed by atoms with Crippen LogP contribution in [0.25, 0.3) is 0 Å². The van der Waals surface area contributed by atoms with Gasteiger partial charge in [0.1, 0.15) is 0 Å². The van der Waals surface area contributed by atoms with E-state index < -0.39 is 11.9 Å². The molecule has 1 unspecified atom stereocenters. The van der Waals surface area contributed by atoms with Crippen LogP contribution in [-0.4, -0.2) is 28.1 Å². The van der Waals surface area contributed by atoms with Gasteiger partial charge in [-0.1, -0.05) is 84.4 Å². The summed E-state index contributed by atoms with van der Waals surface area (Å²) < 4.78 is 0. The van der Waals surface area contributed by atoms with Gasteiger partial charge in [0, 0.05) is 42.7 Å². The maximum absolute atomic E-state index is 12.5. The van der Waals surface area contributed by atoms with Crippen LogP contribution in [0.5, 0.6) is 0 Å². The number of rotatable bonds is 10. The fraction of sp³-hybridized carbons (Fsp3) is 0.148. The maximum atomic E-state index is 12.5. The van der Waals surface area contributed by atoms with E-state index in [0.29, 0.717) is 31.7 Å². The summed E-state index contributed by atoms with van der Waals surface area (Å²) in [7, 11) is 0. The van der Waals surface area contributed by atoms with Crippen LogP contribution in [0.1, 0.15) is 29.2 Å². The zero-order valence-electron chi connectivity index (χ0n) is 18.9. The van der Waals surface area contributed by atoms with Crippen molar-refractivity contribution in [3.63, 3.8) is 0 Å². The molecule has 0 fully saturated rings. The third kappa shape index (κ3) is 11.7. The summed E-state index contributed by atoms with van der Waals surface area (Å²) in [6, 6.07) is 27.7. The molecular weight excluding hydrogens is 468 g/mol. The highest BCUT2D eigenvalue weighted by atomic mass is 35.5. The quantitative estimate of drug-likeness (QED) is 0.306. The van der Waals surface area contributed by atoms with E-state index in [4.69, 9.17) is 21.8 Å². The fourth-order valence-corrected chi connectivity index (χ4v) is 3.16. The summed E-state index contributed by atoms with van der Waals surface area (Å²) >= 11 is 5.95. The third-order valence-corrected chi connectivity index (χ3v) is 5.01. The molecule has 0 aliphatic rings. The highest BCUT2D eigenvalue weighted by Crippen LogP contribution is 2.18. The van der Waals surface area contributed by atoms with Crippen LogP contribution in [0.2, 0.25) is 5.02 Å². The van der Waals surface area contributed by atoms with Crippen molar-refractivity contribution in [2.45, 2.75) is 25.6 Å². The van der Waals surface area contributed by atoms with Crippen LogP contribution in [-0.2, 0) is 27.5 Å². The van der Waals surface area contributed by atoms with Gasteiger partial charge < -0.3 is 20.8 Å². The van der Waals surface area contributed by atoms with Gasteiger partial charge in [-0.15, -0.1) is 0 Å². The minimum absolute atomic E-state index is 0.0244. The van der Waals surface area contributed by atoms with Gasteiger partial charge in [0.15, 0.2) is 0 Å². The number of amides is 1. The van der Waals surface area contributed by atoms with Crippen molar-refractivity contribution in [3.05, 3.63) is 119 Å².